The molecule has 0 aliphatic carbocycles. The Balaban J connectivity index is 1.46. The van der Waals surface area contributed by atoms with Gasteiger partial charge < -0.3 is 14.5 Å². The van der Waals surface area contributed by atoms with Crippen molar-refractivity contribution < 1.29 is 4.52 Å². The van der Waals surface area contributed by atoms with E-state index in [2.05, 4.69) is 55.9 Å². The number of imidazole rings is 1. The minimum Gasteiger partial charge on any atom is -0.356 e. The van der Waals surface area contributed by atoms with Gasteiger partial charge in [-0.25, -0.2) is 4.98 Å². The summed E-state index contributed by atoms with van der Waals surface area (Å²) in [6.07, 6.45) is 6.48. The minimum atomic E-state index is -0.914. The highest BCUT2D eigenvalue weighted by Crippen LogP contribution is 2.45. The second-order valence-electron chi connectivity index (χ2n) is 9.26. The molecule has 1 aliphatic rings. The van der Waals surface area contributed by atoms with Crippen LogP contribution in [0.5, 0.6) is 0 Å². The summed E-state index contributed by atoms with van der Waals surface area (Å²) in [5, 5.41) is 13.9. The van der Waals surface area contributed by atoms with Crippen LogP contribution in [0, 0.1) is 6.92 Å². The smallest absolute Gasteiger partial charge is 0.223 e. The highest BCUT2D eigenvalue weighted by atomic mass is 16.5. The van der Waals surface area contributed by atoms with Gasteiger partial charge in [0.05, 0.1) is 29.8 Å². The first-order valence-corrected chi connectivity index (χ1v) is 11.9. The Morgan fingerprint density at radius 1 is 1.03 bits per heavy atom. The van der Waals surface area contributed by atoms with Gasteiger partial charge in [0, 0.05) is 36.6 Å². The molecule has 178 valence electrons. The number of hydrogen-bond donors (Lipinski definition) is 3. The quantitative estimate of drug-likeness (QED) is 0.352. The highest BCUT2D eigenvalue weighted by molar-refractivity contribution is 5.86. The van der Waals surface area contributed by atoms with Crippen molar-refractivity contribution in [2.75, 3.05) is 0 Å². The molecule has 6 aromatic rings. The first kappa shape index (κ1) is 20.8. The number of aryl methyl sites for hydroxylation is 2. The maximum atomic E-state index is 5.50. The number of rotatable bonds is 4. The van der Waals surface area contributed by atoms with Gasteiger partial charge in [0.2, 0.25) is 11.7 Å². The summed E-state index contributed by atoms with van der Waals surface area (Å²) in [4.78, 5) is 16.7. The predicted molar refractivity (Wildman–Crippen MR) is 134 cm³/mol. The van der Waals surface area contributed by atoms with Crippen LogP contribution in [0.4, 0.5) is 0 Å². The molecular weight excluding hydrogens is 452 g/mol. The molecule has 9 nitrogen and oxygen atoms in total. The van der Waals surface area contributed by atoms with Crippen molar-refractivity contribution in [1.82, 2.24) is 40.2 Å². The standard InChI is InChI=1S/C27H24N8O/c1-16-30-26(34-36-16)27(18-13-29-35(2)15-18)24-20(19-10-6-7-11-21(19)31-24)12-22(33-27)25-28-14-23(32-25)17-8-4-3-5-9-17/h3-11,13-15,22,31,33H,12H2,1-2H3,(H,28,32)/t22-,27?/m1/s1. The second-order valence-corrected chi connectivity index (χ2v) is 9.26. The fourth-order valence-corrected chi connectivity index (χ4v) is 5.36. The van der Waals surface area contributed by atoms with Gasteiger partial charge in [0.15, 0.2) is 5.54 Å². The minimum absolute atomic E-state index is 0.145. The SMILES string of the molecule is Cc1nc(C2(c3cnn(C)c3)N[C@@H](c3ncc(-c4ccccc4)[nH]3)Cc3c2[nH]c2ccccc32)no1. The van der Waals surface area contributed by atoms with E-state index in [9.17, 15) is 0 Å². The molecular formula is C27H24N8O. The normalized spacial score (nSPS) is 19.6. The van der Waals surface area contributed by atoms with E-state index >= 15 is 0 Å². The van der Waals surface area contributed by atoms with Gasteiger partial charge in [0.1, 0.15) is 5.82 Å². The van der Waals surface area contributed by atoms with E-state index in [-0.39, 0.29) is 6.04 Å². The Hall–Kier alpha value is -4.50. The second kappa shape index (κ2) is 7.76. The van der Waals surface area contributed by atoms with Crippen LogP contribution in [0.25, 0.3) is 22.2 Å². The van der Waals surface area contributed by atoms with Crippen LogP contribution < -0.4 is 5.32 Å². The topological polar surface area (TPSA) is 113 Å². The van der Waals surface area contributed by atoms with E-state index in [0.717, 1.165) is 40.3 Å². The fourth-order valence-electron chi connectivity index (χ4n) is 5.36. The van der Waals surface area contributed by atoms with Crippen molar-refractivity contribution in [1.29, 1.82) is 0 Å². The number of aromatic nitrogens is 7. The van der Waals surface area contributed by atoms with E-state index in [4.69, 9.17) is 14.5 Å². The lowest BCUT2D eigenvalue weighted by atomic mass is 9.79. The number of nitrogens with one attached hydrogen (secondary N) is 3. The van der Waals surface area contributed by atoms with E-state index in [1.807, 2.05) is 49.9 Å². The van der Waals surface area contributed by atoms with Crippen molar-refractivity contribution in [2.24, 2.45) is 7.05 Å². The monoisotopic (exact) mass is 476 g/mol. The number of nitrogens with zero attached hydrogens (tertiary/aromatic N) is 5. The highest BCUT2D eigenvalue weighted by Gasteiger charge is 2.50. The molecule has 2 aromatic carbocycles. The maximum Gasteiger partial charge on any atom is 0.223 e. The third kappa shape index (κ3) is 3.06. The van der Waals surface area contributed by atoms with Crippen LogP contribution in [0.1, 0.15) is 40.4 Å². The van der Waals surface area contributed by atoms with Crippen molar-refractivity contribution >= 4 is 10.9 Å². The average Bonchev–Trinajstić information content (AvgIpc) is 3.70. The molecule has 0 saturated heterocycles. The van der Waals surface area contributed by atoms with E-state index in [0.29, 0.717) is 11.7 Å². The first-order chi connectivity index (χ1) is 17.6. The van der Waals surface area contributed by atoms with Gasteiger partial charge in [-0.15, -0.1) is 0 Å². The summed E-state index contributed by atoms with van der Waals surface area (Å²) >= 11 is 0. The molecule has 0 fully saturated rings. The maximum absolute atomic E-state index is 5.50. The van der Waals surface area contributed by atoms with Gasteiger partial charge in [-0.05, 0) is 23.6 Å². The molecule has 4 aromatic heterocycles. The number of fused-ring (bicyclic) bond motifs is 3. The van der Waals surface area contributed by atoms with Crippen LogP contribution in [0.3, 0.4) is 0 Å². The summed E-state index contributed by atoms with van der Waals surface area (Å²) in [5.74, 6) is 1.87. The zero-order chi connectivity index (χ0) is 24.3. The molecule has 1 aliphatic heterocycles. The zero-order valence-electron chi connectivity index (χ0n) is 19.9. The number of benzene rings is 2. The van der Waals surface area contributed by atoms with E-state index < -0.39 is 5.54 Å². The average molecular weight is 477 g/mol. The van der Waals surface area contributed by atoms with Crippen molar-refractivity contribution in [2.45, 2.75) is 24.9 Å². The summed E-state index contributed by atoms with van der Waals surface area (Å²) in [6.45, 7) is 1.80. The molecule has 1 unspecified atom stereocenters. The van der Waals surface area contributed by atoms with E-state index in [1.54, 1.807) is 11.6 Å². The van der Waals surface area contributed by atoms with Gasteiger partial charge in [0.25, 0.3) is 0 Å². The molecule has 0 saturated carbocycles. The number of aromatic amines is 2. The van der Waals surface area contributed by atoms with Crippen LogP contribution in [-0.4, -0.2) is 34.9 Å². The Morgan fingerprint density at radius 3 is 2.64 bits per heavy atom. The summed E-state index contributed by atoms with van der Waals surface area (Å²) in [5.41, 5.74) is 5.30. The third-order valence-electron chi connectivity index (χ3n) is 7.00. The van der Waals surface area contributed by atoms with Crippen LogP contribution >= 0.6 is 0 Å². The van der Waals surface area contributed by atoms with Gasteiger partial charge >= 0.3 is 0 Å². The molecule has 7 rings (SSSR count). The number of H-pyrrole nitrogens is 2. The number of para-hydroxylation sites is 1. The largest absolute Gasteiger partial charge is 0.356 e. The third-order valence-corrected chi connectivity index (χ3v) is 7.00. The Morgan fingerprint density at radius 2 is 1.86 bits per heavy atom. The lowest BCUT2D eigenvalue weighted by Gasteiger charge is -2.39. The van der Waals surface area contributed by atoms with Crippen molar-refractivity contribution in [3.63, 3.8) is 0 Å². The molecule has 0 amide bonds. The summed E-state index contributed by atoms with van der Waals surface area (Å²) in [7, 11) is 1.91. The van der Waals surface area contributed by atoms with E-state index in [1.165, 1.54) is 10.9 Å². The summed E-state index contributed by atoms with van der Waals surface area (Å²) in [6, 6.07) is 18.4. The number of hydrogen-bond acceptors (Lipinski definition) is 6. The molecule has 5 heterocycles. The Labute approximate surface area is 206 Å². The zero-order valence-corrected chi connectivity index (χ0v) is 19.9. The molecule has 3 N–H and O–H groups in total. The lowest BCUT2D eigenvalue weighted by Crippen LogP contribution is -2.51. The van der Waals surface area contributed by atoms with Gasteiger partial charge in [-0.3, -0.25) is 10.00 Å². The van der Waals surface area contributed by atoms with Crippen molar-refractivity contribution in [3.05, 3.63) is 108 Å². The predicted octanol–water partition coefficient (Wildman–Crippen LogP) is 4.16. The molecule has 0 radical (unpaired) electrons. The molecule has 2 atom stereocenters. The molecule has 9 heteroatoms. The summed E-state index contributed by atoms with van der Waals surface area (Å²) < 4.78 is 7.29. The van der Waals surface area contributed by atoms with Crippen LogP contribution in [-0.2, 0) is 19.0 Å². The van der Waals surface area contributed by atoms with Crippen LogP contribution in [0.15, 0.2) is 77.7 Å². The van der Waals surface area contributed by atoms with Crippen LogP contribution in [0.2, 0.25) is 0 Å². The first-order valence-electron chi connectivity index (χ1n) is 11.9. The van der Waals surface area contributed by atoms with Crippen molar-refractivity contribution in [3.8, 4) is 11.3 Å². The Kier molecular flexibility index (Phi) is 4.49. The Bertz CT molecular complexity index is 1650. The molecule has 0 spiro atoms. The molecule has 0 bridgehead atoms. The van der Waals surface area contributed by atoms with Gasteiger partial charge in [-0.1, -0.05) is 53.7 Å². The fraction of sp³-hybridized carbons (Fsp3) is 0.185. The lowest BCUT2D eigenvalue weighted by molar-refractivity contribution is 0.317. The van der Waals surface area contributed by atoms with Gasteiger partial charge in [-0.2, -0.15) is 10.1 Å². The molecule has 36 heavy (non-hydrogen) atoms.